The molecule has 0 unspecified atom stereocenters. The molecule has 3 aromatic rings. The zero-order chi connectivity index (χ0) is 16.2. The minimum Gasteiger partial charge on any atom is -0.364 e. The number of aromatic amines is 3. The molecule has 1 amide bonds. The number of carbonyl (C=O) groups is 1. The van der Waals surface area contributed by atoms with Crippen LogP contribution in [0.5, 0.6) is 0 Å². The van der Waals surface area contributed by atoms with Gasteiger partial charge < -0.3 is 15.0 Å². The number of fused-ring (bicyclic) bond motifs is 1. The summed E-state index contributed by atoms with van der Waals surface area (Å²) in [6, 6.07) is 5.88. The minimum absolute atomic E-state index is 0.106. The number of aromatic nitrogens is 5. The second-order valence-electron chi connectivity index (χ2n) is 5.05. The Bertz CT molecular complexity index is 878. The van der Waals surface area contributed by atoms with Gasteiger partial charge in [0.05, 0.1) is 17.6 Å². The molecule has 2 aromatic heterocycles. The van der Waals surface area contributed by atoms with Gasteiger partial charge in [-0.2, -0.15) is 5.10 Å². The molecule has 0 bridgehead atoms. The number of hydrogen-bond donors (Lipinski definition) is 4. The summed E-state index contributed by atoms with van der Waals surface area (Å²) in [6.45, 7) is 2.22. The predicted molar refractivity (Wildman–Crippen MR) is 81.5 cm³/mol. The van der Waals surface area contributed by atoms with E-state index in [1.807, 2.05) is 25.1 Å². The summed E-state index contributed by atoms with van der Waals surface area (Å²) in [4.78, 5) is 32.5. The van der Waals surface area contributed by atoms with Gasteiger partial charge in [0.25, 0.3) is 0 Å². The third-order valence-corrected chi connectivity index (χ3v) is 3.24. The predicted octanol–water partition coefficient (Wildman–Crippen LogP) is 0.116. The smallest absolute Gasteiger partial charge is 0.340 e. The summed E-state index contributed by atoms with van der Waals surface area (Å²) in [5.74, 6) is 0.719. The van der Waals surface area contributed by atoms with Crippen LogP contribution in [0.1, 0.15) is 17.2 Å². The van der Waals surface area contributed by atoms with Crippen LogP contribution < -0.4 is 11.0 Å². The molecule has 0 aliphatic carbocycles. The Morgan fingerprint density at radius 1 is 1.30 bits per heavy atom. The Morgan fingerprint density at radius 3 is 2.91 bits per heavy atom. The van der Waals surface area contributed by atoms with Crippen LogP contribution in [0, 0.1) is 6.92 Å². The number of hydrogen-bond acceptors (Lipinski definition) is 5. The van der Waals surface area contributed by atoms with Gasteiger partial charge in [-0.05, 0) is 18.6 Å². The Labute approximate surface area is 130 Å². The summed E-state index contributed by atoms with van der Waals surface area (Å²) >= 11 is 0. The van der Waals surface area contributed by atoms with Crippen molar-refractivity contribution in [2.75, 3.05) is 6.61 Å². The van der Waals surface area contributed by atoms with Gasteiger partial charge in [0.1, 0.15) is 24.9 Å². The lowest BCUT2D eigenvalue weighted by Gasteiger charge is -2.03. The summed E-state index contributed by atoms with van der Waals surface area (Å²) in [5, 5.41) is 8.49. The highest BCUT2D eigenvalue weighted by molar-refractivity contribution is 5.78. The fourth-order valence-corrected chi connectivity index (χ4v) is 2.16. The van der Waals surface area contributed by atoms with Crippen LogP contribution in [0.3, 0.4) is 0 Å². The van der Waals surface area contributed by atoms with Crippen molar-refractivity contribution in [2.24, 2.45) is 0 Å². The van der Waals surface area contributed by atoms with Gasteiger partial charge in [-0.15, -0.1) is 0 Å². The Hall–Kier alpha value is -2.94. The lowest BCUT2D eigenvalue weighted by molar-refractivity contribution is -0.126. The van der Waals surface area contributed by atoms with Crippen molar-refractivity contribution in [3.05, 3.63) is 45.9 Å². The maximum Gasteiger partial charge on any atom is 0.340 e. The van der Waals surface area contributed by atoms with Crippen LogP contribution >= 0.6 is 0 Å². The fraction of sp³-hybridized carbons (Fsp3) is 0.286. The standard InChI is InChI=1S/C14H16N6O3/c1-8-3-2-4-9-13(8)17-11(16-9)6-23-7-12(21)15-5-10-18-14(22)20-19-10/h2-4H,5-7H2,1H3,(H,15,21)(H,16,17)(H2,18,19,20,22). The molecule has 0 saturated heterocycles. The van der Waals surface area contributed by atoms with Gasteiger partial charge in [0, 0.05) is 0 Å². The van der Waals surface area contributed by atoms with Gasteiger partial charge in [0.15, 0.2) is 0 Å². The molecule has 0 spiro atoms. The molecule has 9 heteroatoms. The first kappa shape index (κ1) is 15.0. The molecule has 0 aliphatic rings. The van der Waals surface area contributed by atoms with Crippen LogP contribution in [0.25, 0.3) is 11.0 Å². The van der Waals surface area contributed by atoms with Crippen molar-refractivity contribution >= 4 is 16.9 Å². The highest BCUT2D eigenvalue weighted by atomic mass is 16.5. The van der Waals surface area contributed by atoms with Crippen LogP contribution in [0.2, 0.25) is 0 Å². The van der Waals surface area contributed by atoms with Crippen molar-refractivity contribution in [1.29, 1.82) is 0 Å². The van der Waals surface area contributed by atoms with Gasteiger partial charge >= 0.3 is 5.69 Å². The maximum absolute atomic E-state index is 11.6. The molecule has 4 N–H and O–H groups in total. The SMILES string of the molecule is Cc1cccc2[nH]c(COCC(=O)NCc3n[nH]c(=O)[nH]3)nc12. The number of H-pyrrole nitrogens is 3. The van der Waals surface area contributed by atoms with Gasteiger partial charge in [-0.1, -0.05) is 12.1 Å². The summed E-state index contributed by atoms with van der Waals surface area (Å²) < 4.78 is 5.34. The molecule has 0 saturated carbocycles. The average Bonchev–Trinajstić information content (AvgIpc) is 3.12. The molecule has 120 valence electrons. The molecule has 23 heavy (non-hydrogen) atoms. The molecule has 9 nitrogen and oxygen atoms in total. The number of benzene rings is 1. The van der Waals surface area contributed by atoms with Crippen molar-refractivity contribution < 1.29 is 9.53 Å². The fourth-order valence-electron chi connectivity index (χ4n) is 2.16. The Kier molecular flexibility index (Phi) is 4.20. The van der Waals surface area contributed by atoms with Gasteiger partial charge in [0.2, 0.25) is 5.91 Å². The normalized spacial score (nSPS) is 11.0. The minimum atomic E-state index is -0.411. The number of aryl methyl sites for hydroxylation is 1. The van der Waals surface area contributed by atoms with E-state index in [1.54, 1.807) is 0 Å². The summed E-state index contributed by atoms with van der Waals surface area (Å²) in [5.41, 5.74) is 2.51. The summed E-state index contributed by atoms with van der Waals surface area (Å²) in [7, 11) is 0. The number of nitrogens with zero attached hydrogens (tertiary/aromatic N) is 2. The number of amides is 1. The summed E-state index contributed by atoms with van der Waals surface area (Å²) in [6.07, 6.45) is 0. The molecule has 0 fully saturated rings. The van der Waals surface area contributed by atoms with E-state index in [9.17, 15) is 9.59 Å². The molecule has 0 atom stereocenters. The number of para-hydroxylation sites is 1. The molecule has 0 aliphatic heterocycles. The average molecular weight is 316 g/mol. The van der Waals surface area contributed by atoms with Crippen LogP contribution in [0.15, 0.2) is 23.0 Å². The van der Waals surface area contributed by atoms with Crippen LogP contribution in [-0.4, -0.2) is 37.7 Å². The lowest BCUT2D eigenvalue weighted by atomic mass is 10.2. The quantitative estimate of drug-likeness (QED) is 0.513. The van der Waals surface area contributed by atoms with Crippen LogP contribution in [0.4, 0.5) is 0 Å². The van der Waals surface area contributed by atoms with Crippen LogP contribution in [-0.2, 0) is 22.7 Å². The highest BCUT2D eigenvalue weighted by Crippen LogP contribution is 2.15. The zero-order valence-corrected chi connectivity index (χ0v) is 12.5. The van der Waals surface area contributed by atoms with E-state index in [0.29, 0.717) is 11.6 Å². The lowest BCUT2D eigenvalue weighted by Crippen LogP contribution is -2.27. The second-order valence-corrected chi connectivity index (χ2v) is 5.05. The monoisotopic (exact) mass is 316 g/mol. The van der Waals surface area contributed by atoms with Crippen molar-refractivity contribution in [1.82, 2.24) is 30.5 Å². The van der Waals surface area contributed by atoms with E-state index in [0.717, 1.165) is 16.6 Å². The van der Waals surface area contributed by atoms with E-state index in [2.05, 4.69) is 30.5 Å². The van der Waals surface area contributed by atoms with E-state index < -0.39 is 5.69 Å². The second kappa shape index (κ2) is 6.44. The maximum atomic E-state index is 11.6. The third kappa shape index (κ3) is 3.64. The number of nitrogens with one attached hydrogen (secondary N) is 4. The zero-order valence-electron chi connectivity index (χ0n) is 12.5. The Morgan fingerprint density at radius 2 is 2.17 bits per heavy atom. The largest absolute Gasteiger partial charge is 0.364 e. The first-order chi connectivity index (χ1) is 11.1. The number of ether oxygens (including phenoxy) is 1. The van der Waals surface area contributed by atoms with Crippen molar-refractivity contribution in [2.45, 2.75) is 20.1 Å². The topological polar surface area (TPSA) is 129 Å². The number of rotatable bonds is 6. The Balaban J connectivity index is 1.47. The van der Waals surface area contributed by atoms with Crippen molar-refractivity contribution in [3.8, 4) is 0 Å². The molecule has 0 radical (unpaired) electrons. The highest BCUT2D eigenvalue weighted by Gasteiger charge is 2.07. The van der Waals surface area contributed by atoms with E-state index in [4.69, 9.17) is 4.74 Å². The number of carbonyl (C=O) groups excluding carboxylic acids is 1. The van der Waals surface area contributed by atoms with Gasteiger partial charge in [-0.3, -0.25) is 9.78 Å². The first-order valence-corrected chi connectivity index (χ1v) is 7.04. The van der Waals surface area contributed by atoms with Gasteiger partial charge in [-0.25, -0.2) is 14.9 Å². The molecular formula is C14H16N6O3. The van der Waals surface area contributed by atoms with E-state index in [1.165, 1.54) is 0 Å². The first-order valence-electron chi connectivity index (χ1n) is 7.04. The molecule has 1 aromatic carbocycles. The van der Waals surface area contributed by atoms with E-state index in [-0.39, 0.29) is 25.7 Å². The number of imidazole rings is 1. The molecule has 2 heterocycles. The molecular weight excluding hydrogens is 300 g/mol. The third-order valence-electron chi connectivity index (χ3n) is 3.24. The van der Waals surface area contributed by atoms with E-state index >= 15 is 0 Å². The van der Waals surface area contributed by atoms with Crippen molar-refractivity contribution in [3.63, 3.8) is 0 Å². The molecule has 3 rings (SSSR count).